The molecule has 1 aromatic rings. The van der Waals surface area contributed by atoms with Crippen molar-refractivity contribution >= 4 is 6.01 Å². The molecule has 5 nitrogen and oxygen atoms in total. The molecule has 0 saturated carbocycles. The van der Waals surface area contributed by atoms with E-state index in [9.17, 15) is 0 Å². The molecule has 2 heterocycles. The second kappa shape index (κ2) is 6.02. The van der Waals surface area contributed by atoms with Crippen molar-refractivity contribution in [3.05, 3.63) is 12.0 Å². The van der Waals surface area contributed by atoms with Gasteiger partial charge in [0.1, 0.15) is 6.26 Å². The number of anilines is 1. The zero-order valence-corrected chi connectivity index (χ0v) is 10.6. The van der Waals surface area contributed by atoms with Crippen LogP contribution in [0, 0.1) is 0 Å². The Morgan fingerprint density at radius 3 is 3.18 bits per heavy atom. The maximum atomic E-state index is 5.49. The van der Waals surface area contributed by atoms with E-state index in [4.69, 9.17) is 9.15 Å². The number of hydrogen-bond acceptors (Lipinski definition) is 5. The summed E-state index contributed by atoms with van der Waals surface area (Å²) >= 11 is 0. The Morgan fingerprint density at radius 1 is 1.59 bits per heavy atom. The van der Waals surface area contributed by atoms with Gasteiger partial charge < -0.3 is 19.4 Å². The van der Waals surface area contributed by atoms with Crippen LogP contribution in [0.15, 0.2) is 10.7 Å². The molecule has 0 spiro atoms. The molecule has 0 bridgehead atoms. The summed E-state index contributed by atoms with van der Waals surface area (Å²) in [4.78, 5) is 6.53. The number of likely N-dealkylation sites (N-methyl/N-ethyl adjacent to an activating group) is 1. The number of hydrogen-bond donors (Lipinski definition) is 1. The monoisotopic (exact) mass is 239 g/mol. The number of ether oxygens (including phenoxy) is 1. The Kier molecular flexibility index (Phi) is 4.39. The lowest BCUT2D eigenvalue weighted by molar-refractivity contribution is 0.193. The number of rotatable bonds is 6. The third-order valence-corrected chi connectivity index (χ3v) is 3.03. The number of aromatic nitrogens is 1. The Bertz CT molecular complexity index is 334. The lowest BCUT2D eigenvalue weighted by Crippen LogP contribution is -2.32. The SMILES string of the molecule is CCCNCc1coc(N(C)C2CCOC2)n1. The molecule has 0 radical (unpaired) electrons. The van der Waals surface area contributed by atoms with Crippen LogP contribution in [0.4, 0.5) is 6.01 Å². The minimum absolute atomic E-state index is 0.394. The van der Waals surface area contributed by atoms with Gasteiger partial charge in [-0.3, -0.25) is 0 Å². The van der Waals surface area contributed by atoms with Crippen molar-refractivity contribution in [1.29, 1.82) is 0 Å². The lowest BCUT2D eigenvalue weighted by atomic mass is 10.2. The minimum Gasteiger partial charge on any atom is -0.432 e. The van der Waals surface area contributed by atoms with E-state index < -0.39 is 0 Å². The van der Waals surface area contributed by atoms with Gasteiger partial charge in [0.2, 0.25) is 0 Å². The molecule has 96 valence electrons. The van der Waals surface area contributed by atoms with Crippen LogP contribution in [0.1, 0.15) is 25.5 Å². The van der Waals surface area contributed by atoms with Gasteiger partial charge >= 0.3 is 0 Å². The Hall–Kier alpha value is -1.07. The molecule has 5 heteroatoms. The van der Waals surface area contributed by atoms with Crippen LogP contribution in [0.2, 0.25) is 0 Å². The van der Waals surface area contributed by atoms with Crippen molar-refractivity contribution < 1.29 is 9.15 Å². The fraction of sp³-hybridized carbons (Fsp3) is 0.750. The van der Waals surface area contributed by atoms with E-state index in [0.29, 0.717) is 12.1 Å². The summed E-state index contributed by atoms with van der Waals surface area (Å²) < 4.78 is 10.9. The maximum Gasteiger partial charge on any atom is 0.297 e. The molecule has 0 aliphatic carbocycles. The van der Waals surface area contributed by atoms with E-state index in [1.807, 2.05) is 7.05 Å². The fourth-order valence-electron chi connectivity index (χ4n) is 1.92. The molecule has 1 aromatic heterocycles. The molecular weight excluding hydrogens is 218 g/mol. The van der Waals surface area contributed by atoms with Crippen molar-refractivity contribution in [3.8, 4) is 0 Å². The van der Waals surface area contributed by atoms with E-state index in [-0.39, 0.29) is 0 Å². The van der Waals surface area contributed by atoms with E-state index in [2.05, 4.69) is 22.1 Å². The standard InChI is InChI=1S/C12H21N3O2/c1-3-5-13-7-10-8-17-12(14-10)15(2)11-4-6-16-9-11/h8,11,13H,3-7,9H2,1-2H3. The molecule has 1 atom stereocenters. The highest BCUT2D eigenvalue weighted by atomic mass is 16.5. The highest BCUT2D eigenvalue weighted by Gasteiger charge is 2.23. The van der Waals surface area contributed by atoms with Gasteiger partial charge in [0.25, 0.3) is 6.01 Å². The van der Waals surface area contributed by atoms with Gasteiger partial charge in [-0.2, -0.15) is 4.98 Å². The van der Waals surface area contributed by atoms with Crippen molar-refractivity contribution in [1.82, 2.24) is 10.3 Å². The quantitative estimate of drug-likeness (QED) is 0.760. The van der Waals surface area contributed by atoms with Crippen molar-refractivity contribution in [2.24, 2.45) is 0 Å². The molecule has 1 aliphatic rings. The molecule has 1 aliphatic heterocycles. The summed E-state index contributed by atoms with van der Waals surface area (Å²) in [6, 6.07) is 1.08. The zero-order valence-electron chi connectivity index (χ0n) is 10.6. The van der Waals surface area contributed by atoms with Gasteiger partial charge in [-0.1, -0.05) is 6.92 Å². The number of oxazole rings is 1. The van der Waals surface area contributed by atoms with Crippen LogP contribution in [-0.4, -0.2) is 37.8 Å². The molecule has 0 amide bonds. The van der Waals surface area contributed by atoms with Crippen molar-refractivity contribution in [3.63, 3.8) is 0 Å². The molecule has 17 heavy (non-hydrogen) atoms. The van der Waals surface area contributed by atoms with Gasteiger partial charge in [0.15, 0.2) is 0 Å². The molecule has 0 aromatic carbocycles. The molecule has 2 rings (SSSR count). The average molecular weight is 239 g/mol. The first-order valence-electron chi connectivity index (χ1n) is 6.27. The molecular formula is C12H21N3O2. The van der Waals surface area contributed by atoms with Crippen LogP contribution in [0.25, 0.3) is 0 Å². The highest BCUT2D eigenvalue weighted by molar-refractivity contribution is 5.27. The lowest BCUT2D eigenvalue weighted by Gasteiger charge is -2.20. The Labute approximate surface area is 102 Å². The van der Waals surface area contributed by atoms with Crippen LogP contribution in [0.5, 0.6) is 0 Å². The third-order valence-electron chi connectivity index (χ3n) is 3.03. The first kappa shape index (κ1) is 12.4. The van der Waals surface area contributed by atoms with Crippen LogP contribution in [0.3, 0.4) is 0 Å². The first-order chi connectivity index (χ1) is 8.31. The predicted octanol–water partition coefficient (Wildman–Crippen LogP) is 1.40. The molecule has 1 N–H and O–H groups in total. The number of nitrogens with one attached hydrogen (secondary N) is 1. The second-order valence-electron chi connectivity index (χ2n) is 4.43. The van der Waals surface area contributed by atoms with E-state index in [0.717, 1.165) is 44.8 Å². The first-order valence-corrected chi connectivity index (χ1v) is 6.27. The fourth-order valence-corrected chi connectivity index (χ4v) is 1.92. The topological polar surface area (TPSA) is 50.5 Å². The normalized spacial score (nSPS) is 19.8. The van der Waals surface area contributed by atoms with Gasteiger partial charge in [-0.05, 0) is 19.4 Å². The molecule has 1 fully saturated rings. The third kappa shape index (κ3) is 3.20. The smallest absolute Gasteiger partial charge is 0.297 e. The van der Waals surface area contributed by atoms with E-state index in [1.54, 1.807) is 6.26 Å². The van der Waals surface area contributed by atoms with Gasteiger partial charge in [0.05, 0.1) is 18.3 Å². The Balaban J connectivity index is 1.88. The summed E-state index contributed by atoms with van der Waals surface area (Å²) in [6.45, 7) is 5.53. The van der Waals surface area contributed by atoms with Gasteiger partial charge in [-0.25, -0.2) is 0 Å². The van der Waals surface area contributed by atoms with Crippen molar-refractivity contribution in [2.75, 3.05) is 31.7 Å². The zero-order chi connectivity index (χ0) is 12.1. The van der Waals surface area contributed by atoms with E-state index in [1.165, 1.54) is 0 Å². The summed E-state index contributed by atoms with van der Waals surface area (Å²) in [7, 11) is 2.01. The molecule has 1 unspecified atom stereocenters. The Morgan fingerprint density at radius 2 is 2.47 bits per heavy atom. The van der Waals surface area contributed by atoms with E-state index >= 15 is 0 Å². The van der Waals surface area contributed by atoms with Gasteiger partial charge in [0, 0.05) is 20.2 Å². The summed E-state index contributed by atoms with van der Waals surface area (Å²) in [6.07, 6.45) is 3.90. The van der Waals surface area contributed by atoms with Gasteiger partial charge in [-0.15, -0.1) is 0 Å². The minimum atomic E-state index is 0.394. The summed E-state index contributed by atoms with van der Waals surface area (Å²) in [5.41, 5.74) is 0.958. The van der Waals surface area contributed by atoms with Crippen LogP contribution < -0.4 is 10.2 Å². The highest BCUT2D eigenvalue weighted by Crippen LogP contribution is 2.19. The summed E-state index contributed by atoms with van der Waals surface area (Å²) in [5.74, 6) is 0. The van der Waals surface area contributed by atoms with Crippen LogP contribution in [-0.2, 0) is 11.3 Å². The maximum absolute atomic E-state index is 5.49. The predicted molar refractivity (Wildman–Crippen MR) is 66.1 cm³/mol. The average Bonchev–Trinajstić information content (AvgIpc) is 3.00. The molecule has 1 saturated heterocycles. The van der Waals surface area contributed by atoms with Crippen LogP contribution >= 0.6 is 0 Å². The largest absolute Gasteiger partial charge is 0.432 e. The van der Waals surface area contributed by atoms with Crippen molar-refractivity contribution in [2.45, 2.75) is 32.4 Å². The second-order valence-corrected chi connectivity index (χ2v) is 4.43. The number of nitrogens with zero attached hydrogens (tertiary/aromatic N) is 2. The summed E-state index contributed by atoms with van der Waals surface area (Å²) in [5, 5.41) is 3.31.